The molecule has 26 heavy (non-hydrogen) atoms. The Morgan fingerprint density at radius 2 is 1.88 bits per heavy atom. The maximum atomic E-state index is 13.1. The van der Waals surface area contributed by atoms with Crippen molar-refractivity contribution >= 4 is 33.2 Å². The van der Waals surface area contributed by atoms with Crippen molar-refractivity contribution in [2.24, 2.45) is 5.92 Å². The average Bonchev–Trinajstić information content (AvgIpc) is 2.96. The van der Waals surface area contributed by atoms with Crippen molar-refractivity contribution in [3.8, 4) is 0 Å². The average molecular weight is 401 g/mol. The van der Waals surface area contributed by atoms with Gasteiger partial charge in [0.15, 0.2) is 0 Å². The van der Waals surface area contributed by atoms with Crippen LogP contribution in [0.25, 0.3) is 0 Å². The molecule has 1 amide bonds. The van der Waals surface area contributed by atoms with Gasteiger partial charge in [0.1, 0.15) is 5.25 Å². The van der Waals surface area contributed by atoms with E-state index in [9.17, 15) is 13.2 Å². The van der Waals surface area contributed by atoms with E-state index in [0.717, 1.165) is 0 Å². The fourth-order valence-electron chi connectivity index (χ4n) is 3.73. The van der Waals surface area contributed by atoms with Crippen molar-refractivity contribution in [3.63, 3.8) is 0 Å². The Balaban J connectivity index is 1.71. The summed E-state index contributed by atoms with van der Waals surface area (Å²) in [4.78, 5) is 12.6. The second-order valence-electron chi connectivity index (χ2n) is 7.04. The number of benzene rings is 1. The number of piperidine rings is 1. The van der Waals surface area contributed by atoms with E-state index in [1.165, 1.54) is 4.31 Å². The van der Waals surface area contributed by atoms with Gasteiger partial charge in [-0.05, 0) is 38.8 Å². The molecule has 0 aliphatic carbocycles. The SMILES string of the molecule is CC1NNC(C)C1S(=O)(=O)N1CCCC(C(=O)Nc2ccccc2Cl)C1. The van der Waals surface area contributed by atoms with Gasteiger partial charge in [0, 0.05) is 25.2 Å². The van der Waals surface area contributed by atoms with E-state index in [-0.39, 0.29) is 30.5 Å². The van der Waals surface area contributed by atoms with Crippen LogP contribution in [0.15, 0.2) is 24.3 Å². The highest BCUT2D eigenvalue weighted by Gasteiger charge is 2.45. The number of nitrogens with one attached hydrogen (secondary N) is 3. The third kappa shape index (κ3) is 3.89. The van der Waals surface area contributed by atoms with Gasteiger partial charge >= 0.3 is 0 Å². The zero-order valence-electron chi connectivity index (χ0n) is 14.9. The summed E-state index contributed by atoms with van der Waals surface area (Å²) >= 11 is 6.09. The Hall–Kier alpha value is -1.19. The summed E-state index contributed by atoms with van der Waals surface area (Å²) in [5.41, 5.74) is 6.52. The van der Waals surface area contributed by atoms with Gasteiger partial charge in [0.05, 0.1) is 16.6 Å². The zero-order chi connectivity index (χ0) is 18.9. The number of rotatable bonds is 4. The molecule has 0 bridgehead atoms. The van der Waals surface area contributed by atoms with Crippen molar-refractivity contribution in [3.05, 3.63) is 29.3 Å². The number of halogens is 1. The quantitative estimate of drug-likeness (QED) is 0.713. The summed E-state index contributed by atoms with van der Waals surface area (Å²) in [6.07, 6.45) is 1.32. The highest BCUT2D eigenvalue weighted by atomic mass is 35.5. The van der Waals surface area contributed by atoms with Gasteiger partial charge in [0.2, 0.25) is 15.9 Å². The maximum Gasteiger partial charge on any atom is 0.228 e. The number of amides is 1. The monoisotopic (exact) mass is 400 g/mol. The van der Waals surface area contributed by atoms with Crippen LogP contribution < -0.4 is 16.2 Å². The minimum Gasteiger partial charge on any atom is -0.324 e. The molecule has 7 nitrogen and oxygen atoms in total. The van der Waals surface area contributed by atoms with Crippen LogP contribution in [-0.2, 0) is 14.8 Å². The first-order valence-corrected chi connectivity index (χ1v) is 10.7. The minimum atomic E-state index is -3.51. The lowest BCUT2D eigenvalue weighted by Crippen LogP contribution is -2.51. The molecule has 0 radical (unpaired) electrons. The summed E-state index contributed by atoms with van der Waals surface area (Å²) < 4.78 is 27.6. The van der Waals surface area contributed by atoms with Crippen LogP contribution in [0.1, 0.15) is 26.7 Å². The van der Waals surface area contributed by atoms with Crippen molar-refractivity contribution in [2.75, 3.05) is 18.4 Å². The fraction of sp³-hybridized carbons (Fsp3) is 0.588. The minimum absolute atomic E-state index is 0.188. The summed E-state index contributed by atoms with van der Waals surface area (Å²) in [5, 5.41) is 2.74. The van der Waals surface area contributed by atoms with Gasteiger partial charge in [-0.1, -0.05) is 23.7 Å². The van der Waals surface area contributed by atoms with Gasteiger partial charge < -0.3 is 5.32 Å². The van der Waals surface area contributed by atoms with Crippen LogP contribution in [0.4, 0.5) is 5.69 Å². The molecule has 3 atom stereocenters. The number of hydrazine groups is 1. The summed E-state index contributed by atoms with van der Waals surface area (Å²) in [6, 6.07) is 6.65. The predicted molar refractivity (Wildman–Crippen MR) is 102 cm³/mol. The molecule has 3 unspecified atom stereocenters. The summed E-state index contributed by atoms with van der Waals surface area (Å²) in [5.74, 6) is -0.579. The highest BCUT2D eigenvalue weighted by molar-refractivity contribution is 7.89. The van der Waals surface area contributed by atoms with E-state index in [1.54, 1.807) is 24.3 Å². The normalized spacial score (nSPS) is 30.3. The number of hydrogen-bond donors (Lipinski definition) is 3. The second kappa shape index (κ2) is 7.82. The number of sulfonamides is 1. The first-order valence-electron chi connectivity index (χ1n) is 8.86. The maximum absolute atomic E-state index is 13.1. The summed E-state index contributed by atoms with van der Waals surface area (Å²) in [7, 11) is -3.51. The number of anilines is 1. The van der Waals surface area contributed by atoms with E-state index in [1.807, 2.05) is 13.8 Å². The molecule has 3 rings (SSSR count). The molecule has 0 saturated carbocycles. The molecule has 0 spiro atoms. The molecule has 0 aromatic heterocycles. The van der Waals surface area contributed by atoms with Crippen LogP contribution in [-0.4, -0.2) is 49.1 Å². The van der Waals surface area contributed by atoms with E-state index < -0.39 is 15.3 Å². The van der Waals surface area contributed by atoms with E-state index >= 15 is 0 Å². The van der Waals surface area contributed by atoms with Crippen LogP contribution in [0.3, 0.4) is 0 Å². The number of hydrogen-bond acceptors (Lipinski definition) is 5. The lowest BCUT2D eigenvalue weighted by atomic mass is 9.98. The first-order chi connectivity index (χ1) is 12.3. The number of nitrogens with zero attached hydrogens (tertiary/aromatic N) is 1. The standard InChI is InChI=1S/C17H25ClN4O3S/c1-11-16(12(2)21-20-11)26(24,25)22-9-5-6-13(10-22)17(23)19-15-8-4-3-7-14(15)18/h3-4,7-8,11-13,16,20-21H,5-6,9-10H2,1-2H3,(H,19,23). The smallest absolute Gasteiger partial charge is 0.228 e. The lowest BCUT2D eigenvalue weighted by molar-refractivity contribution is -0.120. The molecule has 2 aliphatic rings. The van der Waals surface area contributed by atoms with E-state index in [0.29, 0.717) is 30.1 Å². The van der Waals surface area contributed by atoms with Crippen LogP contribution in [0.5, 0.6) is 0 Å². The fourth-order valence-corrected chi connectivity index (χ4v) is 6.20. The Morgan fingerprint density at radius 3 is 2.54 bits per heavy atom. The van der Waals surface area contributed by atoms with Crippen LogP contribution in [0, 0.1) is 5.92 Å². The molecular formula is C17H25ClN4O3S. The lowest BCUT2D eigenvalue weighted by Gasteiger charge is -2.34. The zero-order valence-corrected chi connectivity index (χ0v) is 16.5. The van der Waals surface area contributed by atoms with Crippen molar-refractivity contribution in [2.45, 2.75) is 44.0 Å². The van der Waals surface area contributed by atoms with Crippen LogP contribution >= 0.6 is 11.6 Å². The largest absolute Gasteiger partial charge is 0.324 e. The Kier molecular flexibility index (Phi) is 5.88. The van der Waals surface area contributed by atoms with Gasteiger partial charge in [-0.25, -0.2) is 12.7 Å². The number of para-hydroxylation sites is 1. The molecule has 2 fully saturated rings. The highest BCUT2D eigenvalue weighted by Crippen LogP contribution is 2.27. The molecule has 2 saturated heterocycles. The van der Waals surface area contributed by atoms with Crippen molar-refractivity contribution in [1.29, 1.82) is 0 Å². The predicted octanol–water partition coefficient (Wildman–Crippen LogP) is 1.57. The number of carbonyl (C=O) groups excluding carboxylic acids is 1. The Morgan fingerprint density at radius 1 is 1.23 bits per heavy atom. The second-order valence-corrected chi connectivity index (χ2v) is 9.54. The molecule has 9 heteroatoms. The molecule has 1 aromatic carbocycles. The molecule has 1 aromatic rings. The topological polar surface area (TPSA) is 90.5 Å². The Bertz CT molecular complexity index is 763. The third-order valence-electron chi connectivity index (χ3n) is 5.11. The number of carbonyl (C=O) groups is 1. The molecule has 2 aliphatic heterocycles. The molecule has 3 N–H and O–H groups in total. The Labute approximate surface area is 159 Å². The third-order valence-corrected chi connectivity index (χ3v) is 8.00. The van der Waals surface area contributed by atoms with Crippen LogP contribution in [0.2, 0.25) is 5.02 Å². The van der Waals surface area contributed by atoms with Gasteiger partial charge in [-0.2, -0.15) is 0 Å². The van der Waals surface area contributed by atoms with Crippen molar-refractivity contribution < 1.29 is 13.2 Å². The van der Waals surface area contributed by atoms with E-state index in [4.69, 9.17) is 11.6 Å². The summed E-state index contributed by atoms with van der Waals surface area (Å²) in [6.45, 7) is 4.36. The van der Waals surface area contributed by atoms with E-state index in [2.05, 4.69) is 16.2 Å². The first kappa shape index (κ1) is 19.6. The van der Waals surface area contributed by atoms with Gasteiger partial charge in [-0.3, -0.25) is 15.6 Å². The molecule has 144 valence electrons. The molecule has 2 heterocycles. The van der Waals surface area contributed by atoms with Crippen molar-refractivity contribution in [1.82, 2.24) is 15.2 Å². The van der Waals surface area contributed by atoms with Gasteiger partial charge in [0.25, 0.3) is 0 Å². The van der Waals surface area contributed by atoms with Gasteiger partial charge in [-0.15, -0.1) is 0 Å². The molecular weight excluding hydrogens is 376 g/mol.